The second-order valence-electron chi connectivity index (χ2n) is 10.4. The molecule has 0 spiro atoms. The van der Waals surface area contributed by atoms with Gasteiger partial charge in [-0.2, -0.15) is 9.97 Å². The number of hydrogen-bond donors (Lipinski definition) is 4. The number of rotatable bonds is 14. The van der Waals surface area contributed by atoms with E-state index in [4.69, 9.17) is 10.6 Å². The molecular weight excluding hydrogens is 528 g/mol. The molecule has 13 nitrogen and oxygen atoms in total. The van der Waals surface area contributed by atoms with Crippen molar-refractivity contribution in [3.05, 3.63) is 45.9 Å². The zero-order valence-corrected chi connectivity index (χ0v) is 23.8. The number of benzene rings is 1. The molecule has 0 atom stereocenters. The first-order chi connectivity index (χ1) is 19.9. The highest BCUT2D eigenvalue weighted by Crippen LogP contribution is 2.23. The fraction of sp³-hybridized carbons (Fsp3) is 0.536. The molecule has 0 saturated carbocycles. The molecule has 4 rings (SSSR count). The SMILES string of the molecule is CCCCOc1nc(NC(C)=O)c2[nH]c(=O)n(Cc3ccc(CN4CCC(CCNC(=O)CON)CC4)cc3)c2n1. The fourth-order valence-electron chi connectivity index (χ4n) is 4.95. The lowest BCUT2D eigenvalue weighted by Crippen LogP contribution is -2.35. The maximum Gasteiger partial charge on any atom is 0.328 e. The molecule has 1 aromatic carbocycles. The molecule has 0 unspecified atom stereocenters. The van der Waals surface area contributed by atoms with Gasteiger partial charge in [0.25, 0.3) is 0 Å². The van der Waals surface area contributed by atoms with E-state index in [1.165, 1.54) is 17.1 Å². The van der Waals surface area contributed by atoms with Gasteiger partial charge in [-0.25, -0.2) is 10.7 Å². The van der Waals surface area contributed by atoms with Crippen LogP contribution in [-0.4, -0.2) is 69.1 Å². The first-order valence-electron chi connectivity index (χ1n) is 14.2. The van der Waals surface area contributed by atoms with E-state index in [2.05, 4.69) is 54.4 Å². The third-order valence-corrected chi connectivity index (χ3v) is 7.19. The minimum Gasteiger partial charge on any atom is -0.463 e. The second kappa shape index (κ2) is 14.7. The van der Waals surface area contributed by atoms with Crippen LogP contribution in [0.2, 0.25) is 0 Å². The smallest absolute Gasteiger partial charge is 0.328 e. The van der Waals surface area contributed by atoms with Crippen LogP contribution < -0.4 is 27.0 Å². The van der Waals surface area contributed by atoms with Crippen molar-refractivity contribution < 1.29 is 19.2 Å². The number of nitrogens with zero attached hydrogens (tertiary/aromatic N) is 4. The summed E-state index contributed by atoms with van der Waals surface area (Å²) in [4.78, 5) is 54.4. The summed E-state index contributed by atoms with van der Waals surface area (Å²) in [7, 11) is 0. The number of aromatic amines is 1. The summed E-state index contributed by atoms with van der Waals surface area (Å²) in [5.74, 6) is 5.24. The van der Waals surface area contributed by atoms with Gasteiger partial charge in [-0.05, 0) is 55.8 Å². The summed E-state index contributed by atoms with van der Waals surface area (Å²) in [6.07, 6.45) is 4.94. The Morgan fingerprint density at radius 2 is 1.83 bits per heavy atom. The maximum absolute atomic E-state index is 12.9. The van der Waals surface area contributed by atoms with Gasteiger partial charge in [-0.15, -0.1) is 0 Å². The molecule has 2 aromatic heterocycles. The van der Waals surface area contributed by atoms with Crippen molar-refractivity contribution >= 4 is 28.8 Å². The molecule has 3 heterocycles. The third kappa shape index (κ3) is 8.59. The van der Waals surface area contributed by atoms with E-state index >= 15 is 0 Å². The molecule has 2 amide bonds. The van der Waals surface area contributed by atoms with Crippen LogP contribution in [0.4, 0.5) is 5.82 Å². The van der Waals surface area contributed by atoms with Crippen LogP contribution in [0.5, 0.6) is 6.01 Å². The van der Waals surface area contributed by atoms with Crippen molar-refractivity contribution in [3.8, 4) is 6.01 Å². The van der Waals surface area contributed by atoms with Gasteiger partial charge in [0, 0.05) is 20.0 Å². The summed E-state index contributed by atoms with van der Waals surface area (Å²) in [5.41, 5.74) is 2.55. The number of nitrogens with one attached hydrogen (secondary N) is 3. The van der Waals surface area contributed by atoms with Crippen molar-refractivity contribution in [2.24, 2.45) is 11.8 Å². The van der Waals surface area contributed by atoms with Gasteiger partial charge in [-0.3, -0.25) is 23.9 Å². The normalized spacial score (nSPS) is 14.3. The number of hydrogen-bond acceptors (Lipinski definition) is 9. The largest absolute Gasteiger partial charge is 0.463 e. The van der Waals surface area contributed by atoms with Crippen LogP contribution in [0.1, 0.15) is 57.1 Å². The minimum atomic E-state index is -0.342. The highest BCUT2D eigenvalue weighted by molar-refractivity contribution is 5.95. The number of aromatic nitrogens is 4. The van der Waals surface area contributed by atoms with Crippen molar-refractivity contribution in [2.45, 2.75) is 59.0 Å². The van der Waals surface area contributed by atoms with E-state index in [-0.39, 0.29) is 35.9 Å². The highest BCUT2D eigenvalue weighted by Gasteiger charge is 2.20. The Bertz CT molecular complexity index is 1360. The summed E-state index contributed by atoms with van der Waals surface area (Å²) in [6.45, 7) is 7.60. The summed E-state index contributed by atoms with van der Waals surface area (Å²) >= 11 is 0. The van der Waals surface area contributed by atoms with Gasteiger partial charge in [-0.1, -0.05) is 37.6 Å². The van der Waals surface area contributed by atoms with E-state index in [0.717, 1.165) is 57.3 Å². The molecule has 1 aliphatic rings. The molecule has 13 heteroatoms. The number of carbonyl (C=O) groups is 2. The molecule has 1 fully saturated rings. The quantitative estimate of drug-likeness (QED) is 0.168. The molecule has 1 saturated heterocycles. The Balaban J connectivity index is 1.36. The lowest BCUT2D eigenvalue weighted by Gasteiger charge is -2.32. The number of ether oxygens (including phenoxy) is 1. The second-order valence-corrected chi connectivity index (χ2v) is 10.4. The third-order valence-electron chi connectivity index (χ3n) is 7.19. The van der Waals surface area contributed by atoms with Crippen LogP contribution in [-0.2, 0) is 27.5 Å². The fourth-order valence-corrected chi connectivity index (χ4v) is 4.95. The number of nitrogens with two attached hydrogens (primary N) is 1. The Morgan fingerprint density at radius 3 is 2.49 bits per heavy atom. The monoisotopic (exact) mass is 568 g/mol. The summed E-state index contributed by atoms with van der Waals surface area (Å²) in [5, 5.41) is 5.50. The van der Waals surface area contributed by atoms with E-state index in [0.29, 0.717) is 36.8 Å². The van der Waals surface area contributed by atoms with Crippen LogP contribution in [0.15, 0.2) is 29.1 Å². The molecule has 3 aromatic rings. The summed E-state index contributed by atoms with van der Waals surface area (Å²) in [6, 6.07) is 8.35. The molecule has 222 valence electrons. The Morgan fingerprint density at radius 1 is 1.12 bits per heavy atom. The zero-order chi connectivity index (χ0) is 29.2. The van der Waals surface area contributed by atoms with Gasteiger partial charge < -0.3 is 20.4 Å². The highest BCUT2D eigenvalue weighted by atomic mass is 16.6. The number of carbonyl (C=O) groups excluding carboxylic acids is 2. The van der Waals surface area contributed by atoms with Crippen molar-refractivity contribution in [2.75, 3.05) is 38.2 Å². The number of H-pyrrole nitrogens is 1. The number of imidazole rings is 1. The van der Waals surface area contributed by atoms with Gasteiger partial charge in [0.15, 0.2) is 11.5 Å². The van der Waals surface area contributed by atoms with Crippen molar-refractivity contribution in [3.63, 3.8) is 0 Å². The molecule has 5 N–H and O–H groups in total. The number of unbranched alkanes of at least 4 members (excludes halogenated alkanes) is 1. The number of piperidine rings is 1. The molecule has 0 radical (unpaired) electrons. The van der Waals surface area contributed by atoms with E-state index in [9.17, 15) is 14.4 Å². The summed E-state index contributed by atoms with van der Waals surface area (Å²) < 4.78 is 7.22. The lowest BCUT2D eigenvalue weighted by atomic mass is 9.93. The molecule has 0 aliphatic carbocycles. The zero-order valence-electron chi connectivity index (χ0n) is 23.8. The van der Waals surface area contributed by atoms with E-state index in [1.54, 1.807) is 0 Å². The van der Waals surface area contributed by atoms with Gasteiger partial charge in [0.05, 0.1) is 13.2 Å². The molecule has 41 heavy (non-hydrogen) atoms. The molecule has 1 aliphatic heterocycles. The average Bonchev–Trinajstić information content (AvgIpc) is 3.26. The number of likely N-dealkylation sites (tertiary alicyclic amines) is 1. The molecular formula is C28H40N8O5. The Hall–Kier alpha value is -3.81. The number of amides is 2. The number of fused-ring (bicyclic) bond motifs is 1. The predicted molar refractivity (Wildman–Crippen MR) is 154 cm³/mol. The van der Waals surface area contributed by atoms with E-state index < -0.39 is 0 Å². The van der Waals surface area contributed by atoms with Gasteiger partial charge >= 0.3 is 11.7 Å². The van der Waals surface area contributed by atoms with Gasteiger partial charge in [0.1, 0.15) is 12.1 Å². The first kappa shape index (κ1) is 30.2. The predicted octanol–water partition coefficient (Wildman–Crippen LogP) is 1.91. The Kier molecular flexibility index (Phi) is 10.8. The molecule has 0 bridgehead atoms. The van der Waals surface area contributed by atoms with Crippen LogP contribution >= 0.6 is 0 Å². The number of anilines is 1. The van der Waals surface area contributed by atoms with Crippen LogP contribution in [0.3, 0.4) is 0 Å². The Labute approximate surface area is 238 Å². The minimum absolute atomic E-state index is 0.112. The lowest BCUT2D eigenvalue weighted by molar-refractivity contribution is -0.125. The van der Waals surface area contributed by atoms with Gasteiger partial charge in [0.2, 0.25) is 11.8 Å². The first-order valence-corrected chi connectivity index (χ1v) is 14.2. The average molecular weight is 569 g/mol. The maximum atomic E-state index is 12.9. The van der Waals surface area contributed by atoms with Crippen molar-refractivity contribution in [1.29, 1.82) is 0 Å². The van der Waals surface area contributed by atoms with Crippen LogP contribution in [0, 0.1) is 5.92 Å². The van der Waals surface area contributed by atoms with Crippen molar-refractivity contribution in [1.82, 2.24) is 29.7 Å². The topological polar surface area (TPSA) is 169 Å². The van der Waals surface area contributed by atoms with E-state index in [1.807, 2.05) is 12.1 Å². The van der Waals surface area contributed by atoms with Crippen LogP contribution in [0.25, 0.3) is 11.2 Å². The standard InChI is InChI=1S/C28H40N8O5/c1-3-4-15-40-27-33-25(31-19(2)37)24-26(34-27)36(28(39)32-24)17-22-7-5-21(6-8-22)16-35-13-10-20(11-14-35)9-12-30-23(38)18-41-29/h5-8,20H,3-4,9-18,29H2,1-2H3,(H,30,38)(H,32,39)(H,31,33,34,37).